The van der Waals surface area contributed by atoms with E-state index in [0.29, 0.717) is 13.0 Å². The molecule has 0 atom stereocenters. The number of piperidine rings is 1. The lowest BCUT2D eigenvalue weighted by Gasteiger charge is -2.33. The highest BCUT2D eigenvalue weighted by atomic mass is 16.6. The number of ether oxygens (including phenoxy) is 1. The lowest BCUT2D eigenvalue weighted by Crippen LogP contribution is -2.39. The monoisotopic (exact) mass is 344 g/mol. The van der Waals surface area contributed by atoms with Gasteiger partial charge in [0.1, 0.15) is 5.60 Å². The minimum atomic E-state index is -0.728. The Morgan fingerprint density at radius 1 is 1.28 bits per heavy atom. The van der Waals surface area contributed by atoms with E-state index in [1.807, 2.05) is 45.0 Å². The molecule has 25 heavy (non-hydrogen) atoms. The van der Waals surface area contributed by atoms with E-state index in [1.165, 1.54) is 0 Å². The first-order chi connectivity index (χ1) is 11.8. The van der Waals surface area contributed by atoms with Crippen molar-refractivity contribution in [2.45, 2.75) is 51.2 Å². The predicted molar refractivity (Wildman–Crippen MR) is 98.2 cm³/mol. The number of benzene rings is 1. The molecule has 0 saturated carbocycles. The van der Waals surface area contributed by atoms with E-state index in [4.69, 9.17) is 4.74 Å². The Balaban J connectivity index is 1.80. The zero-order chi connectivity index (χ0) is 18.3. The second-order valence-electron chi connectivity index (χ2n) is 7.34. The SMILES string of the molecule is CC(C)(C)OC(=O)NCCC#Cc1ccc(C2(O)CCNCC2)cc1. The Kier molecular flexibility index (Phi) is 6.46. The fourth-order valence-corrected chi connectivity index (χ4v) is 2.70. The number of amides is 1. The van der Waals surface area contributed by atoms with Gasteiger partial charge < -0.3 is 20.5 Å². The van der Waals surface area contributed by atoms with Gasteiger partial charge in [-0.25, -0.2) is 4.79 Å². The third-order valence-electron chi connectivity index (χ3n) is 4.00. The molecule has 1 fully saturated rings. The van der Waals surface area contributed by atoms with Crippen LogP contribution < -0.4 is 10.6 Å². The van der Waals surface area contributed by atoms with Gasteiger partial charge in [0.15, 0.2) is 0 Å². The quantitative estimate of drug-likeness (QED) is 0.582. The van der Waals surface area contributed by atoms with Crippen molar-refractivity contribution in [2.24, 2.45) is 0 Å². The Hall–Kier alpha value is -2.03. The molecule has 1 heterocycles. The summed E-state index contributed by atoms with van der Waals surface area (Å²) in [6, 6.07) is 7.77. The van der Waals surface area contributed by atoms with E-state index in [1.54, 1.807) is 0 Å². The number of hydrogen-bond donors (Lipinski definition) is 3. The smallest absolute Gasteiger partial charge is 0.407 e. The van der Waals surface area contributed by atoms with Crippen LogP contribution >= 0.6 is 0 Å². The van der Waals surface area contributed by atoms with E-state index in [2.05, 4.69) is 22.5 Å². The van der Waals surface area contributed by atoms with Gasteiger partial charge in [-0.15, -0.1) is 0 Å². The summed E-state index contributed by atoms with van der Waals surface area (Å²) >= 11 is 0. The zero-order valence-corrected chi connectivity index (χ0v) is 15.3. The number of rotatable bonds is 3. The number of carbonyl (C=O) groups excluding carboxylic acids is 1. The summed E-state index contributed by atoms with van der Waals surface area (Å²) in [6.45, 7) is 7.61. The molecule has 1 aliphatic rings. The Bertz CT molecular complexity index is 630. The highest BCUT2D eigenvalue weighted by Gasteiger charge is 2.30. The van der Waals surface area contributed by atoms with Gasteiger partial charge in [0.05, 0.1) is 5.60 Å². The molecule has 0 aromatic heterocycles. The molecule has 0 radical (unpaired) electrons. The third kappa shape index (κ3) is 6.41. The lowest BCUT2D eigenvalue weighted by molar-refractivity contribution is 0.00593. The summed E-state index contributed by atoms with van der Waals surface area (Å²) in [5, 5.41) is 16.6. The van der Waals surface area contributed by atoms with Crippen molar-refractivity contribution in [3.05, 3.63) is 35.4 Å². The van der Waals surface area contributed by atoms with Gasteiger partial charge in [-0.05, 0) is 64.4 Å². The van der Waals surface area contributed by atoms with E-state index in [-0.39, 0.29) is 0 Å². The van der Waals surface area contributed by atoms with Gasteiger partial charge in [-0.3, -0.25) is 0 Å². The maximum atomic E-state index is 11.5. The topological polar surface area (TPSA) is 70.6 Å². The average molecular weight is 344 g/mol. The number of nitrogens with one attached hydrogen (secondary N) is 2. The van der Waals surface area contributed by atoms with Crippen molar-refractivity contribution < 1.29 is 14.6 Å². The van der Waals surface area contributed by atoms with Crippen molar-refractivity contribution in [3.8, 4) is 11.8 Å². The fourth-order valence-electron chi connectivity index (χ4n) is 2.70. The van der Waals surface area contributed by atoms with Crippen LogP contribution in [0.1, 0.15) is 51.2 Å². The molecular weight excluding hydrogens is 316 g/mol. The van der Waals surface area contributed by atoms with E-state index < -0.39 is 17.3 Å². The van der Waals surface area contributed by atoms with E-state index in [0.717, 1.165) is 37.1 Å². The second-order valence-corrected chi connectivity index (χ2v) is 7.34. The normalized spacial score (nSPS) is 16.5. The molecule has 1 amide bonds. The van der Waals surface area contributed by atoms with Crippen molar-refractivity contribution >= 4 is 6.09 Å². The molecule has 5 nitrogen and oxygen atoms in total. The summed E-state index contributed by atoms with van der Waals surface area (Å²) < 4.78 is 5.16. The maximum absolute atomic E-state index is 11.5. The fraction of sp³-hybridized carbons (Fsp3) is 0.550. The minimum Gasteiger partial charge on any atom is -0.444 e. The standard InChI is InChI=1S/C20H28N2O3/c1-19(2,3)25-18(23)22-13-5-4-6-16-7-9-17(10-8-16)20(24)11-14-21-15-12-20/h7-10,21,24H,5,11-15H2,1-3H3,(H,22,23). The lowest BCUT2D eigenvalue weighted by atomic mass is 9.85. The molecule has 1 aliphatic heterocycles. The van der Waals surface area contributed by atoms with Crippen LogP contribution in [0.3, 0.4) is 0 Å². The summed E-state index contributed by atoms with van der Waals surface area (Å²) in [6.07, 6.45) is 1.59. The average Bonchev–Trinajstić information content (AvgIpc) is 2.54. The van der Waals surface area contributed by atoms with Crippen LogP contribution in [0.2, 0.25) is 0 Å². The number of aliphatic hydroxyl groups is 1. The highest BCUT2D eigenvalue weighted by molar-refractivity contribution is 5.67. The molecule has 1 aromatic carbocycles. The predicted octanol–water partition coefficient (Wildman–Crippen LogP) is 2.52. The van der Waals surface area contributed by atoms with Crippen molar-refractivity contribution in [3.63, 3.8) is 0 Å². The minimum absolute atomic E-state index is 0.422. The van der Waals surface area contributed by atoms with E-state index in [9.17, 15) is 9.90 Å². The summed E-state index contributed by atoms with van der Waals surface area (Å²) in [5.74, 6) is 6.11. The van der Waals surface area contributed by atoms with Gasteiger partial charge in [0.25, 0.3) is 0 Å². The van der Waals surface area contributed by atoms with Gasteiger partial charge in [-0.2, -0.15) is 0 Å². The molecule has 0 spiro atoms. The van der Waals surface area contributed by atoms with Crippen LogP contribution in [0.4, 0.5) is 4.79 Å². The summed E-state index contributed by atoms with van der Waals surface area (Å²) in [5.41, 5.74) is 0.634. The van der Waals surface area contributed by atoms with Crippen LogP contribution in [-0.2, 0) is 10.3 Å². The molecule has 1 aromatic rings. The first-order valence-corrected chi connectivity index (χ1v) is 8.78. The maximum Gasteiger partial charge on any atom is 0.407 e. The molecule has 0 unspecified atom stereocenters. The van der Waals surface area contributed by atoms with Crippen LogP contribution in [0.25, 0.3) is 0 Å². The zero-order valence-electron chi connectivity index (χ0n) is 15.3. The Morgan fingerprint density at radius 3 is 2.52 bits per heavy atom. The molecule has 5 heteroatoms. The third-order valence-corrected chi connectivity index (χ3v) is 4.00. The van der Waals surface area contributed by atoms with Gasteiger partial charge in [0, 0.05) is 18.5 Å². The van der Waals surface area contributed by atoms with Gasteiger partial charge in [-0.1, -0.05) is 24.0 Å². The molecule has 0 bridgehead atoms. The highest BCUT2D eigenvalue weighted by Crippen LogP contribution is 2.30. The van der Waals surface area contributed by atoms with Crippen molar-refractivity contribution in [2.75, 3.05) is 19.6 Å². The first-order valence-electron chi connectivity index (χ1n) is 8.78. The molecule has 3 N–H and O–H groups in total. The van der Waals surface area contributed by atoms with Crippen molar-refractivity contribution in [1.82, 2.24) is 10.6 Å². The number of hydrogen-bond acceptors (Lipinski definition) is 4. The van der Waals surface area contributed by atoms with Crippen LogP contribution in [0.5, 0.6) is 0 Å². The number of alkyl carbamates (subject to hydrolysis) is 1. The van der Waals surface area contributed by atoms with Gasteiger partial charge >= 0.3 is 6.09 Å². The molecule has 1 saturated heterocycles. The van der Waals surface area contributed by atoms with Crippen LogP contribution in [-0.4, -0.2) is 36.4 Å². The Morgan fingerprint density at radius 2 is 1.92 bits per heavy atom. The molecular formula is C20H28N2O3. The molecule has 136 valence electrons. The molecule has 2 rings (SSSR count). The van der Waals surface area contributed by atoms with Crippen molar-refractivity contribution in [1.29, 1.82) is 0 Å². The van der Waals surface area contributed by atoms with E-state index >= 15 is 0 Å². The molecule has 0 aliphatic carbocycles. The summed E-state index contributed by atoms with van der Waals surface area (Å²) in [7, 11) is 0. The largest absolute Gasteiger partial charge is 0.444 e. The van der Waals surface area contributed by atoms with Crippen LogP contribution in [0, 0.1) is 11.8 Å². The Labute approximate surface area is 150 Å². The number of carbonyl (C=O) groups is 1. The van der Waals surface area contributed by atoms with Crippen LogP contribution in [0.15, 0.2) is 24.3 Å². The van der Waals surface area contributed by atoms with Gasteiger partial charge in [0.2, 0.25) is 0 Å². The summed E-state index contributed by atoms with van der Waals surface area (Å²) in [4.78, 5) is 11.5. The first kappa shape index (κ1) is 19.3. The second kappa shape index (κ2) is 8.37.